The predicted molar refractivity (Wildman–Crippen MR) is 178 cm³/mol. The minimum Gasteiger partial charge on any atom is -0.504 e. The van der Waals surface area contributed by atoms with Crippen LogP contribution >= 0.6 is 0 Å². The highest BCUT2D eigenvalue weighted by Gasteiger charge is 2.37. The van der Waals surface area contributed by atoms with Gasteiger partial charge >= 0.3 is 11.8 Å². The number of aliphatic hydroxyl groups excluding tert-OH is 1. The molecule has 0 bridgehead atoms. The number of hydrogen-bond donors (Lipinski definition) is 2. The van der Waals surface area contributed by atoms with Crippen LogP contribution in [0.4, 0.5) is 23.8 Å². The van der Waals surface area contributed by atoms with Crippen molar-refractivity contribution >= 4 is 22.8 Å². The van der Waals surface area contributed by atoms with Crippen LogP contribution in [0.25, 0.3) is 27.7 Å². The normalized spacial score (nSPS) is 16.8. The molecule has 0 aliphatic carbocycles. The molecule has 5 rings (SSSR count). The molecule has 14 heteroatoms. The topological polar surface area (TPSA) is 130 Å². The zero-order valence-electron chi connectivity index (χ0n) is 28.4. The highest BCUT2D eigenvalue weighted by molar-refractivity contribution is 5.95. The van der Waals surface area contributed by atoms with Crippen molar-refractivity contribution in [2.24, 2.45) is 0 Å². The fourth-order valence-corrected chi connectivity index (χ4v) is 6.02. The van der Waals surface area contributed by atoms with Crippen LogP contribution < -0.4 is 15.3 Å². The predicted octanol–water partition coefficient (Wildman–Crippen LogP) is 5.90. The van der Waals surface area contributed by atoms with Gasteiger partial charge in [0.25, 0.3) is 0 Å². The standard InChI is InChI=1S/C35H40F3N5O6/c1-18(2)29-30(27(10-11-39-29)48-13-12-44)43-26-15-21(28-23(36)8-9-24(37)31(28)45)25(38)14-22(26)32(40-33(43)46)41-16-20(4)42(17-19(41)3)34(47)49-35(5,6)7/h8-11,14-15,18-20,44-45H,12-13,16-17H2,1-7H3/t19-,20+/m0/s1. The van der Waals surface area contributed by atoms with Crippen molar-refractivity contribution in [3.05, 3.63) is 70.2 Å². The van der Waals surface area contributed by atoms with E-state index in [4.69, 9.17) is 9.47 Å². The molecule has 262 valence electrons. The van der Waals surface area contributed by atoms with Gasteiger partial charge in [0, 0.05) is 48.4 Å². The van der Waals surface area contributed by atoms with E-state index >= 15 is 8.78 Å². The van der Waals surface area contributed by atoms with Gasteiger partial charge in [-0.1, -0.05) is 13.8 Å². The number of aromatic hydroxyl groups is 1. The first-order valence-electron chi connectivity index (χ1n) is 16.0. The Hall–Kier alpha value is -4.85. The van der Waals surface area contributed by atoms with Crippen molar-refractivity contribution in [2.45, 2.75) is 72.1 Å². The highest BCUT2D eigenvalue weighted by Crippen LogP contribution is 2.40. The lowest BCUT2D eigenvalue weighted by Crippen LogP contribution is -2.59. The second kappa shape index (κ2) is 13.6. The van der Waals surface area contributed by atoms with E-state index in [0.29, 0.717) is 5.69 Å². The number of amides is 1. The van der Waals surface area contributed by atoms with Gasteiger partial charge in [0.2, 0.25) is 0 Å². The van der Waals surface area contributed by atoms with Gasteiger partial charge in [0.05, 0.1) is 23.4 Å². The van der Waals surface area contributed by atoms with E-state index in [1.807, 2.05) is 27.7 Å². The summed E-state index contributed by atoms with van der Waals surface area (Å²) in [5.41, 5.74) is -2.15. The number of halogens is 3. The number of phenolic OH excluding ortho intramolecular Hbond substituents is 1. The van der Waals surface area contributed by atoms with E-state index < -0.39 is 63.8 Å². The van der Waals surface area contributed by atoms with Crippen LogP contribution in [-0.4, -0.2) is 79.7 Å². The first kappa shape index (κ1) is 35.5. The Labute approximate surface area is 281 Å². The van der Waals surface area contributed by atoms with Crippen LogP contribution in [-0.2, 0) is 4.74 Å². The molecular weight excluding hydrogens is 643 g/mol. The number of pyridine rings is 1. The average Bonchev–Trinajstić information content (AvgIpc) is 3.02. The molecule has 1 amide bonds. The molecule has 1 aliphatic rings. The summed E-state index contributed by atoms with van der Waals surface area (Å²) in [6, 6.07) is 4.39. The number of carbonyl (C=O) groups is 1. The average molecular weight is 684 g/mol. The summed E-state index contributed by atoms with van der Waals surface area (Å²) < 4.78 is 58.4. The number of ether oxygens (including phenoxy) is 2. The Kier molecular flexibility index (Phi) is 9.82. The molecule has 1 fully saturated rings. The molecule has 4 aromatic rings. The number of benzene rings is 2. The van der Waals surface area contributed by atoms with Crippen molar-refractivity contribution in [1.82, 2.24) is 19.4 Å². The number of anilines is 1. The number of piperazine rings is 1. The van der Waals surface area contributed by atoms with Crippen LogP contribution in [0.3, 0.4) is 0 Å². The van der Waals surface area contributed by atoms with Crippen molar-refractivity contribution in [3.8, 4) is 28.3 Å². The Morgan fingerprint density at radius 1 is 1.04 bits per heavy atom. The zero-order valence-corrected chi connectivity index (χ0v) is 28.4. The first-order chi connectivity index (χ1) is 23.0. The number of rotatable bonds is 7. The van der Waals surface area contributed by atoms with Crippen molar-refractivity contribution in [1.29, 1.82) is 0 Å². The number of aromatic nitrogens is 3. The van der Waals surface area contributed by atoms with Crippen LogP contribution in [0, 0.1) is 17.5 Å². The van der Waals surface area contributed by atoms with E-state index in [2.05, 4.69) is 9.97 Å². The second-order valence-corrected chi connectivity index (χ2v) is 13.4. The molecule has 0 radical (unpaired) electrons. The maximum absolute atomic E-state index is 16.2. The maximum Gasteiger partial charge on any atom is 0.410 e. The number of carbonyl (C=O) groups excluding carboxylic acids is 1. The third kappa shape index (κ3) is 6.87. The van der Waals surface area contributed by atoms with E-state index in [9.17, 15) is 24.2 Å². The minimum atomic E-state index is -1.16. The van der Waals surface area contributed by atoms with Gasteiger partial charge < -0.3 is 29.5 Å². The van der Waals surface area contributed by atoms with Gasteiger partial charge in [0.1, 0.15) is 41.1 Å². The summed E-state index contributed by atoms with van der Waals surface area (Å²) in [4.78, 5) is 39.6. The fraction of sp³-hybridized carbons (Fsp3) is 0.429. The van der Waals surface area contributed by atoms with E-state index in [-0.39, 0.29) is 60.4 Å². The zero-order chi connectivity index (χ0) is 35.9. The number of aliphatic hydroxyl groups is 1. The van der Waals surface area contributed by atoms with Crippen LogP contribution in [0.5, 0.6) is 11.5 Å². The monoisotopic (exact) mass is 683 g/mol. The second-order valence-electron chi connectivity index (χ2n) is 13.4. The molecule has 11 nitrogen and oxygen atoms in total. The van der Waals surface area contributed by atoms with Gasteiger partial charge in [-0.15, -0.1) is 0 Å². The first-order valence-corrected chi connectivity index (χ1v) is 16.0. The summed E-state index contributed by atoms with van der Waals surface area (Å²) in [7, 11) is 0. The largest absolute Gasteiger partial charge is 0.504 e. The number of nitrogens with zero attached hydrogens (tertiary/aromatic N) is 5. The Bertz CT molecular complexity index is 1960. The van der Waals surface area contributed by atoms with Gasteiger partial charge in [-0.05, 0) is 64.8 Å². The number of fused-ring (bicyclic) bond motifs is 1. The highest BCUT2D eigenvalue weighted by atomic mass is 19.1. The third-order valence-corrected chi connectivity index (χ3v) is 8.23. The molecule has 2 aromatic carbocycles. The summed E-state index contributed by atoms with van der Waals surface area (Å²) >= 11 is 0. The summed E-state index contributed by atoms with van der Waals surface area (Å²) in [5.74, 6) is -4.36. The quantitative estimate of drug-likeness (QED) is 0.245. The molecular formula is C35H40F3N5O6. The van der Waals surface area contributed by atoms with Gasteiger partial charge in [-0.2, -0.15) is 4.98 Å². The fourth-order valence-electron chi connectivity index (χ4n) is 6.02. The van der Waals surface area contributed by atoms with Crippen LogP contribution in [0.15, 0.2) is 41.3 Å². The van der Waals surface area contributed by atoms with Crippen LogP contribution in [0.1, 0.15) is 60.1 Å². The number of phenols is 1. The third-order valence-electron chi connectivity index (χ3n) is 8.23. The van der Waals surface area contributed by atoms with Gasteiger partial charge in [-0.3, -0.25) is 9.55 Å². The van der Waals surface area contributed by atoms with E-state index in [0.717, 1.165) is 28.8 Å². The minimum absolute atomic E-state index is 0.0348. The van der Waals surface area contributed by atoms with E-state index in [1.165, 1.54) is 12.3 Å². The molecule has 0 saturated carbocycles. The maximum atomic E-state index is 16.2. The molecule has 1 saturated heterocycles. The van der Waals surface area contributed by atoms with Crippen molar-refractivity contribution < 1.29 is 37.7 Å². The smallest absolute Gasteiger partial charge is 0.410 e. The summed E-state index contributed by atoms with van der Waals surface area (Å²) in [5, 5.41) is 20.2. The molecule has 1 aliphatic heterocycles. The Morgan fingerprint density at radius 3 is 2.39 bits per heavy atom. The lowest BCUT2D eigenvalue weighted by molar-refractivity contribution is 0.0130. The molecule has 49 heavy (non-hydrogen) atoms. The van der Waals surface area contributed by atoms with Crippen molar-refractivity contribution in [3.63, 3.8) is 0 Å². The SMILES string of the molecule is CC(C)c1nccc(OCCO)c1-n1c(=O)nc(N2C[C@@H](C)N(C(=O)OC(C)(C)C)C[C@@H]2C)c2cc(F)c(-c3c(F)ccc(F)c3O)cc21. The molecule has 2 atom stereocenters. The van der Waals surface area contributed by atoms with E-state index in [1.54, 1.807) is 30.6 Å². The molecule has 2 N–H and O–H groups in total. The van der Waals surface area contributed by atoms with Crippen LogP contribution in [0.2, 0.25) is 0 Å². The summed E-state index contributed by atoms with van der Waals surface area (Å²) in [6.07, 6.45) is 0.986. The van der Waals surface area contributed by atoms with Crippen molar-refractivity contribution in [2.75, 3.05) is 31.2 Å². The Balaban J connectivity index is 1.80. The molecule has 0 unspecified atom stereocenters. The van der Waals surface area contributed by atoms with Gasteiger partial charge in [0.15, 0.2) is 11.6 Å². The Morgan fingerprint density at radius 2 is 1.73 bits per heavy atom. The molecule has 3 heterocycles. The lowest BCUT2D eigenvalue weighted by atomic mass is 9.99. The lowest BCUT2D eigenvalue weighted by Gasteiger charge is -2.45. The molecule has 0 spiro atoms. The molecule has 2 aromatic heterocycles. The summed E-state index contributed by atoms with van der Waals surface area (Å²) in [6.45, 7) is 12.6. The number of hydrogen-bond acceptors (Lipinski definition) is 9. The van der Waals surface area contributed by atoms with Gasteiger partial charge in [-0.25, -0.2) is 22.8 Å².